The molecule has 1 amide bonds. The molecule has 0 fully saturated rings. The molecule has 0 aliphatic heterocycles. The number of hydrogen-bond donors (Lipinski definition) is 2. The number of halogens is 2. The van der Waals surface area contributed by atoms with Crippen LogP contribution >= 0.6 is 0 Å². The summed E-state index contributed by atoms with van der Waals surface area (Å²) in [4.78, 5) is 23.8. The van der Waals surface area contributed by atoms with Gasteiger partial charge in [-0.25, -0.2) is 15.0 Å². The number of fused-ring (bicyclic) bond motifs is 1. The Labute approximate surface area is 167 Å². The molecular formula is C20H24F2N6O. The lowest BCUT2D eigenvalue weighted by molar-refractivity contribution is -0.114. The summed E-state index contributed by atoms with van der Waals surface area (Å²) in [6, 6.07) is 3.35. The molecule has 0 atom stereocenters. The Bertz CT molecular complexity index is 1040. The third-order valence-corrected chi connectivity index (χ3v) is 4.37. The van der Waals surface area contributed by atoms with Crippen LogP contribution in [0.25, 0.3) is 16.7 Å². The second kappa shape index (κ2) is 8.10. The number of carbonyl (C=O) groups excluding carboxylic acids is 1. The number of carbonyl (C=O) groups is 1. The van der Waals surface area contributed by atoms with E-state index in [4.69, 9.17) is 0 Å². The standard InChI is InChI=1S/C20H24F2N6O/c1-5-7-23-17-9-18(27-19(26-17)20(4,21)22)28-11-13(6-2)14-10-24-16(8-15(14)28)25-12(3)29/h8-11H,5-7H2,1-4H3,(H,23,26,27)(H,24,25,29). The van der Waals surface area contributed by atoms with Gasteiger partial charge in [-0.3, -0.25) is 4.79 Å². The number of alkyl halides is 2. The predicted octanol–water partition coefficient (Wildman–Crippen LogP) is 4.27. The van der Waals surface area contributed by atoms with E-state index in [1.807, 2.05) is 20.0 Å². The summed E-state index contributed by atoms with van der Waals surface area (Å²) in [5.41, 5.74) is 1.71. The number of pyridine rings is 1. The molecule has 3 aromatic rings. The lowest BCUT2D eigenvalue weighted by atomic mass is 10.2. The molecule has 0 saturated heterocycles. The van der Waals surface area contributed by atoms with Gasteiger partial charge in [-0.1, -0.05) is 13.8 Å². The summed E-state index contributed by atoms with van der Waals surface area (Å²) in [7, 11) is 0. The Hall–Kier alpha value is -3.10. The third kappa shape index (κ3) is 4.49. The minimum Gasteiger partial charge on any atom is -0.370 e. The second-order valence-corrected chi connectivity index (χ2v) is 6.90. The van der Waals surface area contributed by atoms with Gasteiger partial charge < -0.3 is 15.2 Å². The van der Waals surface area contributed by atoms with E-state index in [1.165, 1.54) is 6.92 Å². The van der Waals surface area contributed by atoms with Crippen LogP contribution in [-0.2, 0) is 17.1 Å². The number of anilines is 2. The number of rotatable bonds is 7. The molecule has 9 heteroatoms. The third-order valence-electron chi connectivity index (χ3n) is 4.37. The van der Waals surface area contributed by atoms with Crippen molar-refractivity contribution in [1.82, 2.24) is 19.5 Å². The zero-order valence-corrected chi connectivity index (χ0v) is 16.9. The Morgan fingerprint density at radius 1 is 1.21 bits per heavy atom. The smallest absolute Gasteiger partial charge is 0.303 e. The molecule has 29 heavy (non-hydrogen) atoms. The molecule has 3 heterocycles. The highest BCUT2D eigenvalue weighted by atomic mass is 19.3. The maximum Gasteiger partial charge on any atom is 0.303 e. The number of nitrogens with zero attached hydrogens (tertiary/aromatic N) is 4. The van der Waals surface area contributed by atoms with Crippen LogP contribution < -0.4 is 10.6 Å². The quantitative estimate of drug-likeness (QED) is 0.617. The van der Waals surface area contributed by atoms with E-state index < -0.39 is 11.7 Å². The lowest BCUT2D eigenvalue weighted by Gasteiger charge is -2.14. The first-order valence-corrected chi connectivity index (χ1v) is 9.52. The molecule has 0 unspecified atom stereocenters. The van der Waals surface area contributed by atoms with Gasteiger partial charge in [0.25, 0.3) is 0 Å². The van der Waals surface area contributed by atoms with Crippen molar-refractivity contribution in [3.63, 3.8) is 0 Å². The van der Waals surface area contributed by atoms with Crippen LogP contribution in [0.15, 0.2) is 24.5 Å². The van der Waals surface area contributed by atoms with E-state index in [9.17, 15) is 13.6 Å². The molecule has 0 aliphatic carbocycles. The Morgan fingerprint density at radius 2 is 1.97 bits per heavy atom. The maximum atomic E-state index is 14.0. The SMILES string of the molecule is CCCNc1cc(-n2cc(CC)c3cnc(NC(C)=O)cc32)nc(C(C)(F)F)n1. The van der Waals surface area contributed by atoms with Gasteiger partial charge in [-0.05, 0) is 18.4 Å². The molecule has 2 N–H and O–H groups in total. The maximum absolute atomic E-state index is 14.0. The van der Waals surface area contributed by atoms with E-state index in [2.05, 4.69) is 25.6 Å². The minimum atomic E-state index is -3.18. The average Bonchev–Trinajstić information content (AvgIpc) is 3.03. The molecule has 0 spiro atoms. The number of aryl methyl sites for hydroxylation is 1. The van der Waals surface area contributed by atoms with Gasteiger partial charge in [0.2, 0.25) is 11.7 Å². The van der Waals surface area contributed by atoms with Crippen molar-refractivity contribution in [2.45, 2.75) is 46.5 Å². The molecule has 0 saturated carbocycles. The highest BCUT2D eigenvalue weighted by Gasteiger charge is 2.29. The summed E-state index contributed by atoms with van der Waals surface area (Å²) in [6.45, 7) is 6.76. The van der Waals surface area contributed by atoms with E-state index >= 15 is 0 Å². The molecule has 0 bridgehead atoms. The Kier molecular flexibility index (Phi) is 5.76. The van der Waals surface area contributed by atoms with Crippen LogP contribution in [0.1, 0.15) is 45.5 Å². The van der Waals surface area contributed by atoms with Crippen molar-refractivity contribution >= 4 is 28.4 Å². The van der Waals surface area contributed by atoms with Crippen LogP contribution in [0, 0.1) is 0 Å². The fraction of sp³-hybridized carbons (Fsp3) is 0.400. The summed E-state index contributed by atoms with van der Waals surface area (Å²) >= 11 is 0. The molecule has 0 aliphatic rings. The normalized spacial score (nSPS) is 11.7. The molecule has 3 rings (SSSR count). The first kappa shape index (κ1) is 20.6. The molecule has 154 valence electrons. The van der Waals surface area contributed by atoms with Crippen molar-refractivity contribution < 1.29 is 13.6 Å². The van der Waals surface area contributed by atoms with Gasteiger partial charge in [-0.2, -0.15) is 8.78 Å². The van der Waals surface area contributed by atoms with Crippen molar-refractivity contribution in [2.75, 3.05) is 17.2 Å². The minimum absolute atomic E-state index is 0.244. The summed E-state index contributed by atoms with van der Waals surface area (Å²) in [6.07, 6.45) is 5.08. The second-order valence-electron chi connectivity index (χ2n) is 6.90. The number of hydrogen-bond acceptors (Lipinski definition) is 5. The molecule has 7 nitrogen and oxygen atoms in total. The molecule has 3 aromatic heterocycles. The average molecular weight is 402 g/mol. The summed E-state index contributed by atoms with van der Waals surface area (Å²) in [5.74, 6) is -2.94. The first-order valence-electron chi connectivity index (χ1n) is 9.52. The van der Waals surface area contributed by atoms with E-state index in [0.29, 0.717) is 29.5 Å². The molecule has 0 aromatic carbocycles. The number of aromatic nitrogens is 4. The van der Waals surface area contributed by atoms with Crippen molar-refractivity contribution in [3.8, 4) is 5.82 Å². The van der Waals surface area contributed by atoms with Gasteiger partial charge in [0, 0.05) is 50.3 Å². The largest absolute Gasteiger partial charge is 0.370 e. The highest BCUT2D eigenvalue weighted by Crippen LogP contribution is 2.30. The van der Waals surface area contributed by atoms with Crippen LogP contribution in [0.5, 0.6) is 0 Å². The van der Waals surface area contributed by atoms with E-state index in [1.54, 1.807) is 22.9 Å². The zero-order valence-electron chi connectivity index (χ0n) is 16.9. The van der Waals surface area contributed by atoms with Gasteiger partial charge in [0.15, 0.2) is 0 Å². The van der Waals surface area contributed by atoms with Gasteiger partial charge >= 0.3 is 5.92 Å². The lowest BCUT2D eigenvalue weighted by Crippen LogP contribution is -2.16. The Morgan fingerprint density at radius 3 is 2.59 bits per heavy atom. The monoisotopic (exact) mass is 402 g/mol. The fourth-order valence-corrected chi connectivity index (χ4v) is 3.00. The zero-order chi connectivity index (χ0) is 21.2. The van der Waals surface area contributed by atoms with Crippen molar-refractivity contribution in [3.05, 3.63) is 35.9 Å². The number of nitrogens with one attached hydrogen (secondary N) is 2. The number of amides is 1. The van der Waals surface area contributed by atoms with Gasteiger partial charge in [0.05, 0.1) is 5.52 Å². The van der Waals surface area contributed by atoms with Gasteiger partial charge in [-0.15, -0.1) is 0 Å². The molecule has 0 radical (unpaired) electrons. The highest BCUT2D eigenvalue weighted by molar-refractivity contribution is 5.92. The van der Waals surface area contributed by atoms with Crippen LogP contribution in [0.2, 0.25) is 0 Å². The predicted molar refractivity (Wildman–Crippen MR) is 109 cm³/mol. The Balaban J connectivity index is 2.21. The van der Waals surface area contributed by atoms with E-state index in [0.717, 1.165) is 30.7 Å². The summed E-state index contributed by atoms with van der Waals surface area (Å²) in [5, 5.41) is 6.57. The summed E-state index contributed by atoms with van der Waals surface area (Å²) < 4.78 is 29.8. The molecular weight excluding hydrogens is 378 g/mol. The van der Waals surface area contributed by atoms with Crippen molar-refractivity contribution in [2.24, 2.45) is 0 Å². The van der Waals surface area contributed by atoms with Crippen LogP contribution in [-0.4, -0.2) is 32.0 Å². The van der Waals surface area contributed by atoms with Crippen LogP contribution in [0.3, 0.4) is 0 Å². The van der Waals surface area contributed by atoms with Gasteiger partial charge in [0.1, 0.15) is 17.5 Å². The van der Waals surface area contributed by atoms with Crippen molar-refractivity contribution in [1.29, 1.82) is 0 Å². The van der Waals surface area contributed by atoms with Crippen LogP contribution in [0.4, 0.5) is 20.4 Å². The van der Waals surface area contributed by atoms with E-state index in [-0.39, 0.29) is 5.91 Å². The fourth-order valence-electron chi connectivity index (χ4n) is 3.00. The first-order chi connectivity index (χ1) is 13.7. The topological polar surface area (TPSA) is 84.7 Å².